The third-order valence-corrected chi connectivity index (χ3v) is 5.45. The molecular weight excluding hydrogens is 490 g/mol. The van der Waals surface area contributed by atoms with E-state index < -0.39 is 12.1 Å². The Balaban J connectivity index is 1.81. The van der Waals surface area contributed by atoms with Crippen molar-refractivity contribution in [1.82, 2.24) is 20.6 Å². The Morgan fingerprint density at radius 2 is 1.82 bits per heavy atom. The minimum Gasteiger partial charge on any atom is -0.491 e. The van der Waals surface area contributed by atoms with Crippen molar-refractivity contribution in [1.29, 1.82) is 0 Å². The maximum absolute atomic E-state index is 13.0. The van der Waals surface area contributed by atoms with Crippen LogP contribution in [-0.4, -0.2) is 33.3 Å². The van der Waals surface area contributed by atoms with Gasteiger partial charge in [-0.1, -0.05) is 61.0 Å². The van der Waals surface area contributed by atoms with Crippen LogP contribution in [-0.2, 0) is 0 Å². The molecule has 10 heteroatoms. The van der Waals surface area contributed by atoms with Gasteiger partial charge in [0, 0.05) is 22.9 Å². The number of rotatable bonds is 9. The summed E-state index contributed by atoms with van der Waals surface area (Å²) in [5.41, 5.74) is 4.68. The van der Waals surface area contributed by atoms with Crippen molar-refractivity contribution in [3.63, 3.8) is 0 Å². The van der Waals surface area contributed by atoms with Gasteiger partial charge in [-0.15, -0.1) is 10.2 Å². The summed E-state index contributed by atoms with van der Waals surface area (Å²) in [6.07, 6.45) is 2.31. The Hall–Kier alpha value is -4.86. The summed E-state index contributed by atoms with van der Waals surface area (Å²) < 4.78 is 31.5. The molecule has 0 unspecified atom stereocenters. The number of tetrazole rings is 1. The molecule has 3 N–H and O–H groups in total. The van der Waals surface area contributed by atoms with E-state index in [0.717, 1.165) is 11.1 Å². The van der Waals surface area contributed by atoms with Gasteiger partial charge in [-0.2, -0.15) is 14.0 Å². The number of halogens is 2. The van der Waals surface area contributed by atoms with Gasteiger partial charge in [-0.3, -0.25) is 0 Å². The van der Waals surface area contributed by atoms with E-state index in [0.29, 0.717) is 58.7 Å². The average Bonchev–Trinajstić information content (AvgIpc) is 3.44. The standard InChI is InChI=1S/C28H26F2N6O2/c1-3-15-38-26-19(7-6-10-25(29)30)16-20(22-8-4-5-9-23(22)27-33-35-36-34-27)17-24(26)32-28(37)31-21-13-11-18(2)12-14-21/h4-14,16-17H,3,15H2,1-2H3,(H2,31,32,37)(H,33,34,35,36). The highest BCUT2D eigenvalue weighted by molar-refractivity contribution is 6.02. The monoisotopic (exact) mass is 516 g/mol. The second-order valence-corrected chi connectivity index (χ2v) is 8.33. The normalized spacial score (nSPS) is 10.8. The second-order valence-electron chi connectivity index (χ2n) is 8.33. The maximum atomic E-state index is 13.0. The molecular formula is C28H26F2N6O2. The Kier molecular flexibility index (Phi) is 8.55. The lowest BCUT2D eigenvalue weighted by molar-refractivity contribution is 0.262. The first-order chi connectivity index (χ1) is 18.4. The lowest BCUT2D eigenvalue weighted by Gasteiger charge is -2.18. The first-order valence-electron chi connectivity index (χ1n) is 11.9. The maximum Gasteiger partial charge on any atom is 0.323 e. The fourth-order valence-corrected chi connectivity index (χ4v) is 3.74. The summed E-state index contributed by atoms with van der Waals surface area (Å²) in [6.45, 7) is 4.27. The van der Waals surface area contributed by atoms with E-state index >= 15 is 0 Å². The van der Waals surface area contributed by atoms with Crippen molar-refractivity contribution >= 4 is 23.5 Å². The van der Waals surface area contributed by atoms with Crippen molar-refractivity contribution < 1.29 is 18.3 Å². The number of anilines is 2. The van der Waals surface area contributed by atoms with Crippen LogP contribution in [0.15, 0.2) is 78.9 Å². The Morgan fingerprint density at radius 1 is 1.05 bits per heavy atom. The molecule has 0 aliphatic carbocycles. The number of allylic oxidation sites excluding steroid dienone is 2. The molecule has 0 bridgehead atoms. The number of aromatic amines is 1. The topological polar surface area (TPSA) is 105 Å². The van der Waals surface area contributed by atoms with E-state index in [-0.39, 0.29) is 0 Å². The molecule has 0 aliphatic heterocycles. The van der Waals surface area contributed by atoms with Gasteiger partial charge in [0.1, 0.15) is 5.75 Å². The van der Waals surface area contributed by atoms with E-state index in [1.807, 2.05) is 50.2 Å². The molecule has 8 nitrogen and oxygen atoms in total. The largest absolute Gasteiger partial charge is 0.491 e. The number of carbonyl (C=O) groups excluding carboxylic acids is 1. The van der Waals surface area contributed by atoms with Gasteiger partial charge in [0.15, 0.2) is 0 Å². The molecule has 2 amide bonds. The van der Waals surface area contributed by atoms with E-state index in [4.69, 9.17) is 4.74 Å². The van der Waals surface area contributed by atoms with Crippen LogP contribution in [0.4, 0.5) is 25.0 Å². The van der Waals surface area contributed by atoms with Crippen LogP contribution < -0.4 is 15.4 Å². The van der Waals surface area contributed by atoms with Gasteiger partial charge in [-0.05, 0) is 54.0 Å². The number of hydrogen-bond acceptors (Lipinski definition) is 5. The fourth-order valence-electron chi connectivity index (χ4n) is 3.74. The number of H-pyrrole nitrogens is 1. The molecule has 0 aliphatic rings. The first-order valence-corrected chi connectivity index (χ1v) is 11.9. The Labute approximate surface area is 218 Å². The number of ether oxygens (including phenoxy) is 1. The highest BCUT2D eigenvalue weighted by atomic mass is 19.3. The van der Waals surface area contributed by atoms with Gasteiger partial charge in [0.2, 0.25) is 5.82 Å². The van der Waals surface area contributed by atoms with Crippen molar-refractivity contribution in [3.8, 4) is 28.3 Å². The quantitative estimate of drug-likeness (QED) is 0.206. The van der Waals surface area contributed by atoms with Gasteiger partial charge >= 0.3 is 6.03 Å². The fraction of sp³-hybridized carbons (Fsp3) is 0.143. The summed E-state index contributed by atoms with van der Waals surface area (Å²) in [5, 5.41) is 19.9. The number of aryl methyl sites for hydroxylation is 1. The van der Waals surface area contributed by atoms with Crippen molar-refractivity contribution in [2.75, 3.05) is 17.2 Å². The van der Waals surface area contributed by atoms with Gasteiger partial charge in [0.25, 0.3) is 6.08 Å². The lowest BCUT2D eigenvalue weighted by atomic mass is 9.96. The number of nitrogens with one attached hydrogen (secondary N) is 3. The molecule has 0 fully saturated rings. The summed E-state index contributed by atoms with van der Waals surface area (Å²) >= 11 is 0. The van der Waals surface area contributed by atoms with E-state index in [2.05, 4.69) is 31.3 Å². The van der Waals surface area contributed by atoms with Crippen LogP contribution in [0.3, 0.4) is 0 Å². The zero-order chi connectivity index (χ0) is 26.9. The molecule has 38 heavy (non-hydrogen) atoms. The Bertz CT molecular complexity index is 1450. The van der Waals surface area contributed by atoms with Crippen LogP contribution in [0.1, 0.15) is 24.5 Å². The van der Waals surface area contributed by atoms with Crippen molar-refractivity contribution in [2.24, 2.45) is 0 Å². The van der Waals surface area contributed by atoms with Crippen molar-refractivity contribution in [2.45, 2.75) is 20.3 Å². The summed E-state index contributed by atoms with van der Waals surface area (Å²) in [4.78, 5) is 13.0. The van der Waals surface area contributed by atoms with Crippen LogP contribution in [0.5, 0.6) is 5.75 Å². The average molecular weight is 517 g/mol. The number of carbonyl (C=O) groups is 1. The summed E-state index contributed by atoms with van der Waals surface area (Å²) in [6, 6.07) is 17.9. The minimum absolute atomic E-state index is 0.357. The van der Waals surface area contributed by atoms with Gasteiger partial charge in [0.05, 0.1) is 12.3 Å². The number of nitrogens with zero attached hydrogens (tertiary/aromatic N) is 3. The third-order valence-electron chi connectivity index (χ3n) is 5.45. The lowest BCUT2D eigenvalue weighted by Crippen LogP contribution is -2.20. The zero-order valence-electron chi connectivity index (χ0n) is 20.8. The number of urea groups is 1. The van der Waals surface area contributed by atoms with Crippen molar-refractivity contribution in [3.05, 3.63) is 90.0 Å². The van der Waals surface area contributed by atoms with Crippen LogP contribution in [0, 0.1) is 6.92 Å². The highest BCUT2D eigenvalue weighted by Crippen LogP contribution is 2.39. The van der Waals surface area contributed by atoms with Crippen LogP contribution in [0.25, 0.3) is 28.6 Å². The van der Waals surface area contributed by atoms with Crippen LogP contribution >= 0.6 is 0 Å². The second kappa shape index (κ2) is 12.4. The van der Waals surface area contributed by atoms with E-state index in [1.165, 1.54) is 12.2 Å². The Morgan fingerprint density at radius 3 is 2.50 bits per heavy atom. The highest BCUT2D eigenvalue weighted by Gasteiger charge is 2.18. The molecule has 0 saturated heterocycles. The van der Waals surface area contributed by atoms with E-state index in [1.54, 1.807) is 24.3 Å². The molecule has 0 spiro atoms. The molecule has 1 heterocycles. The third kappa shape index (κ3) is 6.67. The predicted octanol–water partition coefficient (Wildman–Crippen LogP) is 7.07. The van der Waals surface area contributed by atoms with Gasteiger partial charge < -0.3 is 15.4 Å². The van der Waals surface area contributed by atoms with Gasteiger partial charge in [-0.25, -0.2) is 4.79 Å². The minimum atomic E-state index is -1.83. The number of aromatic nitrogens is 4. The smallest absolute Gasteiger partial charge is 0.323 e. The number of benzene rings is 3. The number of amides is 2. The molecule has 0 atom stereocenters. The SMILES string of the molecule is CCCOc1c(C=CC=C(F)F)cc(-c2ccccc2-c2nn[nH]n2)cc1NC(=O)Nc1ccc(C)cc1. The predicted molar refractivity (Wildman–Crippen MR) is 144 cm³/mol. The number of hydrogen-bond donors (Lipinski definition) is 3. The molecule has 4 rings (SSSR count). The molecule has 1 aromatic heterocycles. The molecule has 0 radical (unpaired) electrons. The first kappa shape index (κ1) is 26.2. The molecule has 4 aromatic rings. The van der Waals surface area contributed by atoms with Crippen LogP contribution in [0.2, 0.25) is 0 Å². The zero-order valence-corrected chi connectivity index (χ0v) is 20.8. The molecule has 3 aromatic carbocycles. The summed E-state index contributed by atoms with van der Waals surface area (Å²) in [5.74, 6) is 0.744. The molecule has 0 saturated carbocycles. The summed E-state index contributed by atoms with van der Waals surface area (Å²) in [7, 11) is 0. The molecule has 194 valence electrons. The van der Waals surface area contributed by atoms with E-state index in [9.17, 15) is 13.6 Å².